The molecule has 2 saturated heterocycles. The summed E-state index contributed by atoms with van der Waals surface area (Å²) in [6.07, 6.45) is 3.87. The maximum absolute atomic E-state index is 13.0. The van der Waals surface area contributed by atoms with Crippen LogP contribution in [0.5, 0.6) is 5.75 Å². The first kappa shape index (κ1) is 27.2. The fourth-order valence-electron chi connectivity index (χ4n) is 7.20. The van der Waals surface area contributed by atoms with Gasteiger partial charge in [0.15, 0.2) is 0 Å². The molecule has 3 fully saturated rings. The molecule has 2 amide bonds. The molecule has 40 heavy (non-hydrogen) atoms. The normalized spacial score (nSPS) is 26.5. The molecular formula is C32H44N4O4. The van der Waals surface area contributed by atoms with Crippen LogP contribution in [0, 0.1) is 18.8 Å². The van der Waals surface area contributed by atoms with Crippen molar-refractivity contribution in [2.75, 3.05) is 19.6 Å². The Morgan fingerprint density at radius 1 is 1.10 bits per heavy atom. The highest BCUT2D eigenvalue weighted by atomic mass is 16.6. The van der Waals surface area contributed by atoms with E-state index in [0.29, 0.717) is 31.5 Å². The molecule has 3 aliphatic heterocycles. The number of hydrogen-bond acceptors (Lipinski definition) is 5. The molecule has 1 spiro atoms. The topological polar surface area (TPSA) is 76.9 Å². The first-order chi connectivity index (χ1) is 18.8. The molecule has 2 aromatic rings. The van der Waals surface area contributed by atoms with Crippen molar-refractivity contribution in [3.05, 3.63) is 35.5 Å². The van der Waals surface area contributed by atoms with Gasteiger partial charge in [-0.2, -0.15) is 5.10 Å². The van der Waals surface area contributed by atoms with Gasteiger partial charge in [-0.1, -0.05) is 19.1 Å². The summed E-state index contributed by atoms with van der Waals surface area (Å²) in [5.74, 6) is 1.90. The summed E-state index contributed by atoms with van der Waals surface area (Å²) < 4.78 is 14.8. The van der Waals surface area contributed by atoms with Gasteiger partial charge in [0.2, 0.25) is 5.91 Å². The minimum absolute atomic E-state index is 0.154. The van der Waals surface area contributed by atoms with Crippen molar-refractivity contribution in [1.82, 2.24) is 19.6 Å². The highest BCUT2D eigenvalue weighted by Crippen LogP contribution is 2.52. The zero-order valence-corrected chi connectivity index (χ0v) is 25.1. The molecule has 0 bridgehead atoms. The first-order valence-corrected chi connectivity index (χ1v) is 15.0. The summed E-state index contributed by atoms with van der Waals surface area (Å²) in [5.41, 5.74) is 2.94. The van der Waals surface area contributed by atoms with E-state index in [2.05, 4.69) is 43.3 Å². The molecule has 4 aliphatic rings. The summed E-state index contributed by atoms with van der Waals surface area (Å²) in [7, 11) is 0. The van der Waals surface area contributed by atoms with E-state index in [9.17, 15) is 9.59 Å². The van der Waals surface area contributed by atoms with E-state index >= 15 is 0 Å². The summed E-state index contributed by atoms with van der Waals surface area (Å²) in [5, 5.41) is 5.28. The molecule has 8 nitrogen and oxygen atoms in total. The number of benzene rings is 1. The summed E-state index contributed by atoms with van der Waals surface area (Å²) in [4.78, 5) is 29.9. The van der Waals surface area contributed by atoms with Gasteiger partial charge in [0, 0.05) is 60.8 Å². The lowest BCUT2D eigenvalue weighted by Crippen LogP contribution is -2.54. The number of carbonyl (C=O) groups is 2. The Labute approximate surface area is 238 Å². The van der Waals surface area contributed by atoms with Crippen LogP contribution in [0.4, 0.5) is 4.79 Å². The van der Waals surface area contributed by atoms with Gasteiger partial charge in [0.05, 0.1) is 6.04 Å². The van der Waals surface area contributed by atoms with Crippen LogP contribution in [0.2, 0.25) is 0 Å². The van der Waals surface area contributed by atoms with Crippen molar-refractivity contribution in [3.63, 3.8) is 0 Å². The highest BCUT2D eigenvalue weighted by molar-refractivity contribution is 5.82. The van der Waals surface area contributed by atoms with Gasteiger partial charge in [0.25, 0.3) is 0 Å². The molecule has 216 valence electrons. The molecule has 1 aliphatic carbocycles. The SMILES string of the molecule is Cc1c2c(nn1C1CCN(C(=O)OC(C)(C)C)C(C)(C)C1)-c1ccccc1OC21CCN(C(=O)[C@H]2C[C@@H]2C)CC1. The van der Waals surface area contributed by atoms with Crippen molar-refractivity contribution in [2.24, 2.45) is 11.8 Å². The number of hydrogen-bond donors (Lipinski definition) is 0. The van der Waals surface area contributed by atoms with Crippen LogP contribution in [-0.2, 0) is 15.1 Å². The Morgan fingerprint density at radius 3 is 2.40 bits per heavy atom. The second-order valence-electron chi connectivity index (χ2n) is 14.1. The summed E-state index contributed by atoms with van der Waals surface area (Å²) in [6, 6.07) is 8.35. The molecular weight excluding hydrogens is 504 g/mol. The van der Waals surface area contributed by atoms with E-state index < -0.39 is 11.2 Å². The van der Waals surface area contributed by atoms with Gasteiger partial charge >= 0.3 is 6.09 Å². The second-order valence-corrected chi connectivity index (χ2v) is 14.1. The number of carbonyl (C=O) groups excluding carboxylic acids is 2. The largest absolute Gasteiger partial charge is 0.482 e. The first-order valence-electron chi connectivity index (χ1n) is 15.0. The van der Waals surface area contributed by atoms with Crippen molar-refractivity contribution in [3.8, 4) is 17.0 Å². The zero-order chi connectivity index (χ0) is 28.6. The quantitative estimate of drug-likeness (QED) is 0.455. The smallest absolute Gasteiger partial charge is 0.410 e. The number of piperidine rings is 2. The zero-order valence-electron chi connectivity index (χ0n) is 25.1. The minimum atomic E-state index is -0.527. The molecule has 0 radical (unpaired) electrons. The Kier molecular flexibility index (Phi) is 6.28. The Hall–Kier alpha value is -3.03. The molecule has 3 atom stereocenters. The van der Waals surface area contributed by atoms with E-state index in [4.69, 9.17) is 14.6 Å². The fourth-order valence-corrected chi connectivity index (χ4v) is 7.20. The maximum Gasteiger partial charge on any atom is 0.410 e. The van der Waals surface area contributed by atoms with Gasteiger partial charge in [-0.05, 0) is 78.9 Å². The molecule has 6 rings (SSSR count). The maximum atomic E-state index is 13.0. The van der Waals surface area contributed by atoms with Crippen LogP contribution in [0.25, 0.3) is 11.3 Å². The van der Waals surface area contributed by atoms with E-state index in [0.717, 1.165) is 54.8 Å². The third kappa shape index (κ3) is 4.57. The third-order valence-corrected chi connectivity index (χ3v) is 9.47. The van der Waals surface area contributed by atoms with Crippen LogP contribution in [-0.4, -0.2) is 62.4 Å². The van der Waals surface area contributed by atoms with Gasteiger partial charge in [-0.25, -0.2) is 4.79 Å². The van der Waals surface area contributed by atoms with Crippen LogP contribution in [0.1, 0.15) is 90.9 Å². The highest BCUT2D eigenvalue weighted by Gasteiger charge is 2.50. The molecule has 1 saturated carbocycles. The van der Waals surface area contributed by atoms with Crippen molar-refractivity contribution in [2.45, 2.75) is 103 Å². The number of amides is 2. The van der Waals surface area contributed by atoms with Gasteiger partial charge in [-0.3, -0.25) is 9.48 Å². The van der Waals surface area contributed by atoms with Crippen LogP contribution < -0.4 is 4.74 Å². The Balaban J connectivity index is 1.30. The van der Waals surface area contributed by atoms with Crippen molar-refractivity contribution in [1.29, 1.82) is 0 Å². The standard InChI is InChI=1S/C32H44N4O4/c1-20-18-24(20)28(37)34-16-13-32(14-17-34)26-21(2)36(33-27(26)23-10-8-9-11-25(23)39-32)22-12-15-35(31(6,7)19-22)29(38)40-30(3,4)5/h8-11,20,22,24H,12-19H2,1-7H3/t20-,22?,24-/m0/s1. The third-order valence-electron chi connectivity index (χ3n) is 9.47. The van der Waals surface area contributed by atoms with Gasteiger partial charge in [0.1, 0.15) is 22.6 Å². The number of aromatic nitrogens is 2. The van der Waals surface area contributed by atoms with E-state index in [1.165, 1.54) is 5.56 Å². The number of likely N-dealkylation sites (tertiary alicyclic amines) is 2. The minimum Gasteiger partial charge on any atom is -0.482 e. The molecule has 4 heterocycles. The van der Waals surface area contributed by atoms with Crippen molar-refractivity contribution < 1.29 is 19.1 Å². The number of nitrogens with zero attached hydrogens (tertiary/aromatic N) is 4. The molecule has 1 aromatic carbocycles. The molecule has 1 aromatic heterocycles. The lowest BCUT2D eigenvalue weighted by Gasteiger charge is -2.46. The van der Waals surface area contributed by atoms with Crippen molar-refractivity contribution >= 4 is 12.0 Å². The average Bonchev–Trinajstić information content (AvgIpc) is 3.50. The number of para-hydroxylation sites is 1. The number of ether oxygens (including phenoxy) is 2. The van der Waals surface area contributed by atoms with Gasteiger partial charge in [-0.15, -0.1) is 0 Å². The number of rotatable bonds is 2. The summed E-state index contributed by atoms with van der Waals surface area (Å²) >= 11 is 0. The predicted molar refractivity (Wildman–Crippen MR) is 153 cm³/mol. The van der Waals surface area contributed by atoms with Crippen LogP contribution >= 0.6 is 0 Å². The van der Waals surface area contributed by atoms with Crippen LogP contribution in [0.3, 0.4) is 0 Å². The van der Waals surface area contributed by atoms with Gasteiger partial charge < -0.3 is 19.3 Å². The van der Waals surface area contributed by atoms with E-state index in [-0.39, 0.29) is 23.6 Å². The van der Waals surface area contributed by atoms with Crippen LogP contribution in [0.15, 0.2) is 24.3 Å². The lowest BCUT2D eigenvalue weighted by atomic mass is 9.79. The molecule has 8 heteroatoms. The Bertz CT molecular complexity index is 1330. The molecule has 1 unspecified atom stereocenters. The van der Waals surface area contributed by atoms with E-state index in [1.807, 2.05) is 43.9 Å². The predicted octanol–water partition coefficient (Wildman–Crippen LogP) is 6.08. The summed E-state index contributed by atoms with van der Waals surface area (Å²) in [6.45, 7) is 16.3. The monoisotopic (exact) mass is 548 g/mol. The average molecular weight is 549 g/mol. The number of fused-ring (bicyclic) bond motifs is 4. The fraction of sp³-hybridized carbons (Fsp3) is 0.656. The molecule has 0 N–H and O–H groups in total. The second kappa shape index (κ2) is 9.25. The van der Waals surface area contributed by atoms with E-state index in [1.54, 1.807) is 0 Å². The lowest BCUT2D eigenvalue weighted by molar-refractivity contribution is -0.136. The Morgan fingerprint density at radius 2 is 1.77 bits per heavy atom.